The quantitative estimate of drug-likeness (QED) is 0.538. The zero-order valence-corrected chi connectivity index (χ0v) is 19.4. The van der Waals surface area contributed by atoms with Gasteiger partial charge in [-0.1, -0.05) is 41.9 Å². The van der Waals surface area contributed by atoms with E-state index in [0.717, 1.165) is 5.56 Å². The second-order valence-corrected chi connectivity index (χ2v) is 8.95. The van der Waals surface area contributed by atoms with Gasteiger partial charge in [0.25, 0.3) is 0 Å². The normalized spacial score (nSPS) is 20.3. The number of fused-ring (bicyclic) bond motifs is 1. The fourth-order valence-electron chi connectivity index (χ4n) is 5.05. The SMILES string of the molecule is COC(=O)C1=C(C)NC2=C(C(=O)CC(c3ccccc3Cl)C2)C1c1coc2ccccc2c1=O. The van der Waals surface area contributed by atoms with Crippen LogP contribution in [0, 0.1) is 0 Å². The van der Waals surface area contributed by atoms with E-state index in [-0.39, 0.29) is 34.7 Å². The van der Waals surface area contributed by atoms with Crippen LogP contribution in [0.4, 0.5) is 0 Å². The Labute approximate surface area is 200 Å². The lowest BCUT2D eigenvalue weighted by Crippen LogP contribution is -2.37. The third kappa shape index (κ3) is 3.55. The van der Waals surface area contributed by atoms with Crippen molar-refractivity contribution >= 4 is 34.3 Å². The minimum absolute atomic E-state index is 0.117. The highest BCUT2D eigenvalue weighted by Crippen LogP contribution is 2.46. The summed E-state index contributed by atoms with van der Waals surface area (Å²) in [6.45, 7) is 1.75. The Morgan fingerprint density at radius 3 is 2.56 bits per heavy atom. The molecular weight excluding hydrogens is 454 g/mol. The van der Waals surface area contributed by atoms with Crippen LogP contribution < -0.4 is 10.7 Å². The number of hydrogen-bond donors (Lipinski definition) is 1. The van der Waals surface area contributed by atoms with Crippen molar-refractivity contribution in [3.63, 3.8) is 0 Å². The second-order valence-electron chi connectivity index (χ2n) is 8.55. The van der Waals surface area contributed by atoms with Crippen molar-refractivity contribution in [2.75, 3.05) is 7.11 Å². The maximum Gasteiger partial charge on any atom is 0.336 e. The van der Waals surface area contributed by atoms with E-state index in [9.17, 15) is 14.4 Å². The average Bonchev–Trinajstić information content (AvgIpc) is 2.83. The van der Waals surface area contributed by atoms with Gasteiger partial charge in [-0.05, 0) is 43.0 Å². The van der Waals surface area contributed by atoms with Crippen molar-refractivity contribution in [2.45, 2.75) is 31.6 Å². The van der Waals surface area contributed by atoms with E-state index in [1.165, 1.54) is 13.4 Å². The molecule has 5 rings (SSSR count). The molecule has 7 heteroatoms. The molecule has 0 saturated heterocycles. The number of dihydropyridines is 1. The van der Waals surface area contributed by atoms with Gasteiger partial charge in [-0.2, -0.15) is 0 Å². The molecule has 0 amide bonds. The number of methoxy groups -OCH3 is 1. The Morgan fingerprint density at radius 1 is 1.06 bits per heavy atom. The number of Topliss-reactive ketones (excluding diaryl/α,β-unsaturated/α-hetero) is 1. The first-order valence-corrected chi connectivity index (χ1v) is 11.4. The van der Waals surface area contributed by atoms with Crippen LogP contribution in [-0.2, 0) is 14.3 Å². The van der Waals surface area contributed by atoms with Crippen LogP contribution >= 0.6 is 11.6 Å². The second kappa shape index (κ2) is 8.61. The van der Waals surface area contributed by atoms with Gasteiger partial charge in [0.15, 0.2) is 11.2 Å². The summed E-state index contributed by atoms with van der Waals surface area (Å²) in [6, 6.07) is 14.4. The van der Waals surface area contributed by atoms with Crippen molar-refractivity contribution < 1.29 is 18.7 Å². The van der Waals surface area contributed by atoms with Gasteiger partial charge < -0.3 is 14.5 Å². The minimum Gasteiger partial charge on any atom is -0.466 e. The fourth-order valence-corrected chi connectivity index (χ4v) is 5.34. The molecule has 2 atom stereocenters. The van der Waals surface area contributed by atoms with Crippen LogP contribution in [0.1, 0.15) is 42.7 Å². The van der Waals surface area contributed by atoms with Gasteiger partial charge in [0, 0.05) is 34.0 Å². The van der Waals surface area contributed by atoms with Gasteiger partial charge in [0.1, 0.15) is 5.58 Å². The molecule has 0 spiro atoms. The first kappa shape index (κ1) is 22.2. The molecule has 6 nitrogen and oxygen atoms in total. The number of halogens is 1. The topological polar surface area (TPSA) is 85.6 Å². The number of hydrogen-bond acceptors (Lipinski definition) is 6. The Bertz CT molecular complexity index is 1470. The maximum absolute atomic E-state index is 13.6. The standard InChI is InChI=1S/C27H22ClNO5/c1-14-23(27(32)33-2)24(18-13-34-22-10-6-4-8-17(22)26(18)31)25-20(29-14)11-15(12-21(25)30)16-7-3-5-9-19(16)28/h3-10,13,15,24,29H,11-12H2,1-2H3. The molecule has 2 aromatic carbocycles. The molecule has 1 N–H and O–H groups in total. The van der Waals surface area contributed by atoms with E-state index >= 15 is 0 Å². The van der Waals surface area contributed by atoms with Crippen molar-refractivity contribution in [1.29, 1.82) is 0 Å². The Hall–Kier alpha value is -3.64. The molecular formula is C27H22ClNO5. The van der Waals surface area contributed by atoms with Crippen LogP contribution in [0.3, 0.4) is 0 Å². The summed E-state index contributed by atoms with van der Waals surface area (Å²) in [5.41, 5.74) is 3.14. The molecule has 0 fully saturated rings. The number of carbonyl (C=O) groups excluding carboxylic acids is 2. The Kier molecular flexibility index (Phi) is 5.62. The monoisotopic (exact) mass is 475 g/mol. The van der Waals surface area contributed by atoms with Gasteiger partial charge in [-0.25, -0.2) is 4.79 Å². The van der Waals surface area contributed by atoms with Crippen LogP contribution in [0.2, 0.25) is 5.02 Å². The Morgan fingerprint density at radius 2 is 1.79 bits per heavy atom. The van der Waals surface area contributed by atoms with Crippen molar-refractivity contribution in [1.82, 2.24) is 5.32 Å². The number of allylic oxidation sites excluding steroid dienone is 3. The number of para-hydroxylation sites is 1. The van der Waals surface area contributed by atoms with Crippen LogP contribution in [0.5, 0.6) is 0 Å². The summed E-state index contributed by atoms with van der Waals surface area (Å²) < 4.78 is 10.8. The van der Waals surface area contributed by atoms with Crippen molar-refractivity contribution in [3.8, 4) is 0 Å². The molecule has 2 heterocycles. The van der Waals surface area contributed by atoms with Crippen LogP contribution in [-0.4, -0.2) is 18.9 Å². The van der Waals surface area contributed by atoms with E-state index in [1.54, 1.807) is 31.2 Å². The molecule has 0 radical (unpaired) electrons. The molecule has 3 aromatic rings. The highest BCUT2D eigenvalue weighted by atomic mass is 35.5. The summed E-state index contributed by atoms with van der Waals surface area (Å²) in [5, 5.41) is 4.25. The van der Waals surface area contributed by atoms with E-state index in [0.29, 0.717) is 39.4 Å². The fraction of sp³-hybridized carbons (Fsp3) is 0.222. The highest BCUT2D eigenvalue weighted by Gasteiger charge is 2.42. The maximum atomic E-state index is 13.6. The van der Waals surface area contributed by atoms with E-state index in [2.05, 4.69) is 5.32 Å². The zero-order valence-electron chi connectivity index (χ0n) is 18.7. The largest absolute Gasteiger partial charge is 0.466 e. The summed E-state index contributed by atoms with van der Waals surface area (Å²) in [4.78, 5) is 39.9. The lowest BCUT2D eigenvalue weighted by Gasteiger charge is -2.36. The predicted octanol–water partition coefficient (Wildman–Crippen LogP) is 4.98. The van der Waals surface area contributed by atoms with Crippen LogP contribution in [0.25, 0.3) is 11.0 Å². The molecule has 172 valence electrons. The van der Waals surface area contributed by atoms with E-state index in [1.807, 2.05) is 24.3 Å². The molecule has 1 aliphatic carbocycles. The molecule has 0 bridgehead atoms. The molecule has 34 heavy (non-hydrogen) atoms. The molecule has 2 unspecified atom stereocenters. The Balaban J connectivity index is 1.69. The number of ether oxygens (including phenoxy) is 1. The first-order valence-electron chi connectivity index (χ1n) is 11.0. The van der Waals surface area contributed by atoms with Crippen molar-refractivity contribution in [3.05, 3.63) is 104 Å². The number of nitrogens with one attached hydrogen (secondary N) is 1. The number of ketones is 1. The lowest BCUT2D eigenvalue weighted by molar-refractivity contribution is -0.136. The number of benzene rings is 2. The van der Waals surface area contributed by atoms with E-state index in [4.69, 9.17) is 20.8 Å². The zero-order chi connectivity index (χ0) is 24.0. The summed E-state index contributed by atoms with van der Waals surface area (Å²) in [5.74, 6) is -1.75. The first-order chi connectivity index (χ1) is 16.4. The number of rotatable bonds is 3. The average molecular weight is 476 g/mol. The third-order valence-electron chi connectivity index (χ3n) is 6.60. The number of esters is 1. The van der Waals surface area contributed by atoms with Crippen LogP contribution in [0.15, 0.2) is 86.5 Å². The molecule has 0 saturated carbocycles. The summed E-state index contributed by atoms with van der Waals surface area (Å²) in [7, 11) is 1.28. The summed E-state index contributed by atoms with van der Waals surface area (Å²) >= 11 is 6.42. The van der Waals surface area contributed by atoms with Crippen molar-refractivity contribution in [2.24, 2.45) is 0 Å². The molecule has 2 aliphatic rings. The summed E-state index contributed by atoms with van der Waals surface area (Å²) in [6.07, 6.45) is 2.09. The smallest absolute Gasteiger partial charge is 0.336 e. The van der Waals surface area contributed by atoms with Gasteiger partial charge in [0.05, 0.1) is 30.3 Å². The van der Waals surface area contributed by atoms with Gasteiger partial charge in [-0.3, -0.25) is 9.59 Å². The number of carbonyl (C=O) groups is 2. The third-order valence-corrected chi connectivity index (χ3v) is 6.94. The lowest BCUT2D eigenvalue weighted by atomic mass is 9.72. The van der Waals surface area contributed by atoms with Gasteiger partial charge >= 0.3 is 5.97 Å². The molecule has 1 aromatic heterocycles. The van der Waals surface area contributed by atoms with E-state index < -0.39 is 11.9 Å². The molecule has 1 aliphatic heterocycles. The van der Waals surface area contributed by atoms with Gasteiger partial charge in [-0.15, -0.1) is 0 Å². The van der Waals surface area contributed by atoms with Gasteiger partial charge in [0.2, 0.25) is 0 Å². The minimum atomic E-state index is -0.885. The highest BCUT2D eigenvalue weighted by molar-refractivity contribution is 6.31. The predicted molar refractivity (Wildman–Crippen MR) is 129 cm³/mol.